The van der Waals surface area contributed by atoms with Gasteiger partial charge in [-0.3, -0.25) is 4.98 Å². The first-order valence-corrected chi connectivity index (χ1v) is 6.66. The molecule has 17 heavy (non-hydrogen) atoms. The Morgan fingerprint density at radius 3 is 2.29 bits per heavy atom. The molecule has 0 aromatic carbocycles. The van der Waals surface area contributed by atoms with Crippen LogP contribution in [0, 0.1) is 13.8 Å². The van der Waals surface area contributed by atoms with Crippen molar-refractivity contribution in [3.63, 3.8) is 0 Å². The predicted octanol–water partition coefficient (Wildman–Crippen LogP) is 4.12. The summed E-state index contributed by atoms with van der Waals surface area (Å²) in [4.78, 5) is 9.24. The van der Waals surface area contributed by atoms with Gasteiger partial charge in [0.1, 0.15) is 5.01 Å². The second kappa shape index (κ2) is 4.22. The molecule has 0 saturated heterocycles. The number of hydrogen-bond donors (Lipinski definition) is 0. The van der Waals surface area contributed by atoms with Gasteiger partial charge in [-0.05, 0) is 31.5 Å². The molecule has 2 aromatic rings. The van der Waals surface area contributed by atoms with Gasteiger partial charge in [0.2, 0.25) is 0 Å². The summed E-state index contributed by atoms with van der Waals surface area (Å²) >= 11 is 1.67. The van der Waals surface area contributed by atoms with E-state index in [0.717, 1.165) is 22.1 Å². The summed E-state index contributed by atoms with van der Waals surface area (Å²) in [5.41, 5.74) is 4.52. The second-order valence-electron chi connectivity index (χ2n) is 5.46. The summed E-state index contributed by atoms with van der Waals surface area (Å²) in [7, 11) is 0. The molecule has 0 saturated carbocycles. The maximum atomic E-state index is 4.69. The number of aromatic nitrogens is 2. The standard InChI is InChI=1S/C14H18N2S/c1-9-6-10(2)15-11(7-9)13-16-12(8-17-13)14(3,4)5/h6-8H,1-5H3. The number of aryl methyl sites for hydroxylation is 2. The highest BCUT2D eigenvalue weighted by Gasteiger charge is 2.18. The van der Waals surface area contributed by atoms with Gasteiger partial charge in [0.15, 0.2) is 0 Å². The first-order valence-electron chi connectivity index (χ1n) is 5.78. The van der Waals surface area contributed by atoms with E-state index in [4.69, 9.17) is 0 Å². The number of hydrogen-bond acceptors (Lipinski definition) is 3. The molecule has 0 aliphatic carbocycles. The molecule has 90 valence electrons. The molecule has 3 heteroatoms. The Hall–Kier alpha value is -1.22. The molecule has 0 bridgehead atoms. The minimum Gasteiger partial charge on any atom is -0.251 e. The van der Waals surface area contributed by atoms with Crippen LogP contribution in [0.5, 0.6) is 0 Å². The van der Waals surface area contributed by atoms with Gasteiger partial charge in [-0.15, -0.1) is 11.3 Å². The minimum atomic E-state index is 0.105. The van der Waals surface area contributed by atoms with Crippen LogP contribution in [-0.2, 0) is 5.41 Å². The first kappa shape index (κ1) is 12.2. The average molecular weight is 246 g/mol. The average Bonchev–Trinajstić information content (AvgIpc) is 2.63. The molecule has 0 N–H and O–H groups in total. The maximum absolute atomic E-state index is 4.69. The normalized spacial score (nSPS) is 11.8. The van der Waals surface area contributed by atoms with E-state index < -0.39 is 0 Å². The van der Waals surface area contributed by atoms with E-state index in [-0.39, 0.29) is 5.41 Å². The van der Waals surface area contributed by atoms with Gasteiger partial charge in [0.25, 0.3) is 0 Å². The third kappa shape index (κ3) is 2.72. The number of nitrogens with zero attached hydrogens (tertiary/aromatic N) is 2. The fraction of sp³-hybridized carbons (Fsp3) is 0.429. The Bertz CT molecular complexity index is 515. The molecule has 0 aliphatic rings. The fourth-order valence-corrected chi connectivity index (χ4v) is 2.69. The summed E-state index contributed by atoms with van der Waals surface area (Å²) in [6.45, 7) is 10.7. The van der Waals surface area contributed by atoms with Gasteiger partial charge >= 0.3 is 0 Å². The summed E-state index contributed by atoms with van der Waals surface area (Å²) < 4.78 is 0. The highest BCUT2D eigenvalue weighted by atomic mass is 32.1. The van der Waals surface area contributed by atoms with Crippen molar-refractivity contribution in [2.75, 3.05) is 0 Å². The Labute approximate surface area is 107 Å². The number of rotatable bonds is 1. The Morgan fingerprint density at radius 2 is 1.76 bits per heavy atom. The van der Waals surface area contributed by atoms with Crippen LogP contribution in [0.3, 0.4) is 0 Å². The van der Waals surface area contributed by atoms with Crippen LogP contribution in [0.1, 0.15) is 37.7 Å². The van der Waals surface area contributed by atoms with E-state index in [1.807, 2.05) is 6.92 Å². The molecule has 2 rings (SSSR count). The zero-order valence-electron chi connectivity index (χ0n) is 11.0. The van der Waals surface area contributed by atoms with Gasteiger partial charge < -0.3 is 0 Å². The smallest absolute Gasteiger partial charge is 0.142 e. The first-order chi connectivity index (χ1) is 7.86. The lowest BCUT2D eigenvalue weighted by molar-refractivity contribution is 0.573. The summed E-state index contributed by atoms with van der Waals surface area (Å²) in [5, 5.41) is 3.15. The molecule has 2 aromatic heterocycles. The molecule has 0 unspecified atom stereocenters. The summed E-state index contributed by atoms with van der Waals surface area (Å²) in [6.07, 6.45) is 0. The largest absolute Gasteiger partial charge is 0.251 e. The predicted molar refractivity (Wildman–Crippen MR) is 73.5 cm³/mol. The van der Waals surface area contributed by atoms with Gasteiger partial charge in [-0.1, -0.05) is 20.8 Å². The maximum Gasteiger partial charge on any atom is 0.142 e. The van der Waals surface area contributed by atoms with Crippen molar-refractivity contribution in [1.29, 1.82) is 0 Å². The van der Waals surface area contributed by atoms with Crippen LogP contribution in [0.25, 0.3) is 10.7 Å². The van der Waals surface area contributed by atoms with Crippen LogP contribution in [0.4, 0.5) is 0 Å². The third-order valence-electron chi connectivity index (χ3n) is 2.59. The zero-order chi connectivity index (χ0) is 12.6. The lowest BCUT2D eigenvalue weighted by Crippen LogP contribution is -2.11. The van der Waals surface area contributed by atoms with Gasteiger partial charge in [0.05, 0.1) is 11.4 Å². The van der Waals surface area contributed by atoms with Gasteiger partial charge in [0, 0.05) is 16.5 Å². The minimum absolute atomic E-state index is 0.105. The number of thiazole rings is 1. The van der Waals surface area contributed by atoms with Gasteiger partial charge in [-0.25, -0.2) is 4.98 Å². The molecular formula is C14H18N2S. The third-order valence-corrected chi connectivity index (χ3v) is 3.45. The lowest BCUT2D eigenvalue weighted by atomic mass is 9.93. The molecule has 2 nitrogen and oxygen atoms in total. The van der Waals surface area contributed by atoms with E-state index in [9.17, 15) is 0 Å². The summed E-state index contributed by atoms with van der Waals surface area (Å²) in [5.74, 6) is 0. The molecule has 0 aliphatic heterocycles. The zero-order valence-corrected chi connectivity index (χ0v) is 11.9. The van der Waals surface area contributed by atoms with Crippen molar-refractivity contribution in [3.05, 3.63) is 34.5 Å². The Morgan fingerprint density at radius 1 is 1.06 bits per heavy atom. The van der Waals surface area contributed by atoms with E-state index in [1.165, 1.54) is 5.56 Å². The second-order valence-corrected chi connectivity index (χ2v) is 6.32. The molecule has 0 fully saturated rings. The highest BCUT2D eigenvalue weighted by Crippen LogP contribution is 2.29. The van der Waals surface area contributed by atoms with Crippen molar-refractivity contribution in [2.45, 2.75) is 40.0 Å². The lowest BCUT2D eigenvalue weighted by Gasteiger charge is -2.14. The topological polar surface area (TPSA) is 25.8 Å². The van der Waals surface area contributed by atoms with E-state index in [1.54, 1.807) is 11.3 Å². The highest BCUT2D eigenvalue weighted by molar-refractivity contribution is 7.13. The van der Waals surface area contributed by atoms with Crippen molar-refractivity contribution >= 4 is 11.3 Å². The van der Waals surface area contributed by atoms with Crippen LogP contribution in [0.2, 0.25) is 0 Å². The molecule has 0 spiro atoms. The molecule has 0 atom stereocenters. The Kier molecular flexibility index (Phi) is 3.04. The molecule has 2 heterocycles. The van der Waals surface area contributed by atoms with Crippen LogP contribution in [-0.4, -0.2) is 9.97 Å². The SMILES string of the molecule is Cc1cc(C)nc(-c2nc(C(C)(C)C)cs2)c1. The van der Waals surface area contributed by atoms with Crippen molar-refractivity contribution in [1.82, 2.24) is 9.97 Å². The fourth-order valence-electron chi connectivity index (χ4n) is 1.69. The van der Waals surface area contributed by atoms with E-state index in [0.29, 0.717) is 0 Å². The van der Waals surface area contributed by atoms with Gasteiger partial charge in [-0.2, -0.15) is 0 Å². The van der Waals surface area contributed by atoms with Crippen LogP contribution >= 0.6 is 11.3 Å². The van der Waals surface area contributed by atoms with E-state index in [2.05, 4.69) is 55.2 Å². The summed E-state index contributed by atoms with van der Waals surface area (Å²) in [6, 6.07) is 4.18. The molecular weight excluding hydrogens is 228 g/mol. The van der Waals surface area contributed by atoms with Crippen molar-refractivity contribution in [2.24, 2.45) is 0 Å². The van der Waals surface area contributed by atoms with Crippen LogP contribution < -0.4 is 0 Å². The van der Waals surface area contributed by atoms with Crippen molar-refractivity contribution in [3.8, 4) is 10.7 Å². The quantitative estimate of drug-likeness (QED) is 0.756. The number of pyridine rings is 1. The van der Waals surface area contributed by atoms with Crippen molar-refractivity contribution < 1.29 is 0 Å². The molecule has 0 amide bonds. The van der Waals surface area contributed by atoms with Crippen LogP contribution in [0.15, 0.2) is 17.5 Å². The van der Waals surface area contributed by atoms with E-state index >= 15 is 0 Å². The molecule has 0 radical (unpaired) electrons. The monoisotopic (exact) mass is 246 g/mol. The Balaban J connectivity index is 2.44.